The van der Waals surface area contributed by atoms with Crippen LogP contribution in [0.4, 0.5) is 10.1 Å². The molecule has 0 saturated carbocycles. The molecule has 1 aromatic rings. The molecule has 0 spiro atoms. The fraction of sp³-hybridized carbons (Fsp3) is 0.684. The topological polar surface area (TPSA) is 27.7 Å². The number of halogens is 1. The Hall–Kier alpha value is -1.17. The van der Waals surface area contributed by atoms with Crippen molar-refractivity contribution in [3.05, 3.63) is 29.6 Å². The van der Waals surface area contributed by atoms with E-state index in [1.807, 2.05) is 19.1 Å². The highest BCUT2D eigenvalue weighted by Gasteiger charge is 2.20. The fourth-order valence-corrected chi connectivity index (χ4v) is 3.57. The first kappa shape index (κ1) is 17.6. The molecule has 2 aliphatic heterocycles. The fourth-order valence-electron chi connectivity index (χ4n) is 3.57. The number of hydrogen-bond acceptors (Lipinski definition) is 4. The average Bonchev–Trinajstić information content (AvgIpc) is 2.62. The average molecular weight is 335 g/mol. The van der Waals surface area contributed by atoms with Crippen molar-refractivity contribution in [3.63, 3.8) is 0 Å². The van der Waals surface area contributed by atoms with E-state index in [0.717, 1.165) is 83.0 Å². The van der Waals surface area contributed by atoms with Crippen molar-refractivity contribution in [2.24, 2.45) is 0 Å². The van der Waals surface area contributed by atoms with Crippen LogP contribution >= 0.6 is 0 Å². The quantitative estimate of drug-likeness (QED) is 0.865. The van der Waals surface area contributed by atoms with Crippen molar-refractivity contribution in [1.29, 1.82) is 0 Å². The van der Waals surface area contributed by atoms with Crippen LogP contribution in [0.1, 0.15) is 25.3 Å². The molecule has 0 aliphatic carbocycles. The lowest BCUT2D eigenvalue weighted by Gasteiger charge is -2.35. The van der Waals surface area contributed by atoms with Gasteiger partial charge in [0, 0.05) is 51.0 Å². The number of piperidine rings is 1. The summed E-state index contributed by atoms with van der Waals surface area (Å²) in [5.41, 5.74) is 1.70. The SMILES string of the molecule is CCc1ccc(NC2CCN(CCN3CCOCC3)CC2)cc1F. The number of benzene rings is 1. The molecule has 0 amide bonds. The summed E-state index contributed by atoms with van der Waals surface area (Å²) in [6.45, 7) is 10.4. The van der Waals surface area contributed by atoms with Crippen LogP contribution < -0.4 is 5.32 Å². The zero-order chi connectivity index (χ0) is 16.8. The highest BCUT2D eigenvalue weighted by molar-refractivity contribution is 5.46. The van der Waals surface area contributed by atoms with Crippen LogP contribution in [-0.2, 0) is 11.2 Å². The Morgan fingerprint density at radius 2 is 1.75 bits per heavy atom. The normalized spacial score (nSPS) is 21.1. The minimum absolute atomic E-state index is 0.0922. The van der Waals surface area contributed by atoms with Crippen molar-refractivity contribution >= 4 is 5.69 Å². The van der Waals surface area contributed by atoms with Gasteiger partial charge in [-0.15, -0.1) is 0 Å². The van der Waals surface area contributed by atoms with Gasteiger partial charge in [0.25, 0.3) is 0 Å². The third kappa shape index (κ3) is 4.91. The molecule has 0 atom stereocenters. The van der Waals surface area contributed by atoms with Gasteiger partial charge in [-0.3, -0.25) is 4.90 Å². The first-order valence-electron chi connectivity index (χ1n) is 9.32. The summed E-state index contributed by atoms with van der Waals surface area (Å²) in [4.78, 5) is 5.04. The molecule has 24 heavy (non-hydrogen) atoms. The molecule has 2 fully saturated rings. The highest BCUT2D eigenvalue weighted by Crippen LogP contribution is 2.19. The van der Waals surface area contributed by atoms with Gasteiger partial charge in [-0.25, -0.2) is 4.39 Å². The lowest BCUT2D eigenvalue weighted by Crippen LogP contribution is -2.45. The van der Waals surface area contributed by atoms with Crippen LogP contribution in [-0.4, -0.2) is 68.3 Å². The van der Waals surface area contributed by atoms with Crippen molar-refractivity contribution in [2.45, 2.75) is 32.2 Å². The lowest BCUT2D eigenvalue weighted by atomic mass is 10.0. The van der Waals surface area contributed by atoms with E-state index in [0.29, 0.717) is 6.04 Å². The first-order chi connectivity index (χ1) is 11.7. The summed E-state index contributed by atoms with van der Waals surface area (Å²) < 4.78 is 19.3. The van der Waals surface area contributed by atoms with Gasteiger partial charge in [0.1, 0.15) is 5.82 Å². The molecular formula is C19H30FN3O. The summed E-state index contributed by atoms with van der Waals surface area (Å²) in [5, 5.41) is 3.51. The molecule has 0 bridgehead atoms. The van der Waals surface area contributed by atoms with Crippen molar-refractivity contribution in [3.8, 4) is 0 Å². The summed E-state index contributed by atoms with van der Waals surface area (Å²) in [7, 11) is 0. The maximum Gasteiger partial charge on any atom is 0.128 e. The zero-order valence-corrected chi connectivity index (χ0v) is 14.8. The summed E-state index contributed by atoms with van der Waals surface area (Å²) in [5.74, 6) is -0.0922. The third-order valence-electron chi connectivity index (χ3n) is 5.23. The van der Waals surface area contributed by atoms with Crippen LogP contribution in [0.2, 0.25) is 0 Å². The molecule has 2 aliphatic rings. The smallest absolute Gasteiger partial charge is 0.128 e. The van der Waals surface area contributed by atoms with Crippen LogP contribution in [0.3, 0.4) is 0 Å². The molecule has 5 heteroatoms. The Bertz CT molecular complexity index is 511. The second kappa shape index (κ2) is 8.79. The highest BCUT2D eigenvalue weighted by atomic mass is 19.1. The number of likely N-dealkylation sites (tertiary alicyclic amines) is 1. The van der Waals surface area contributed by atoms with Crippen LogP contribution in [0.25, 0.3) is 0 Å². The molecule has 0 unspecified atom stereocenters. The van der Waals surface area contributed by atoms with Gasteiger partial charge >= 0.3 is 0 Å². The Labute approximate surface area is 145 Å². The Morgan fingerprint density at radius 3 is 2.38 bits per heavy atom. The molecule has 4 nitrogen and oxygen atoms in total. The van der Waals surface area contributed by atoms with Gasteiger partial charge in [0.05, 0.1) is 13.2 Å². The standard InChI is InChI=1S/C19H30FN3O/c1-2-16-3-4-18(15-19(16)20)21-17-5-7-22(8-6-17)9-10-23-11-13-24-14-12-23/h3-4,15,17,21H,2,5-14H2,1H3. The Balaban J connectivity index is 1.39. The van der Waals surface area contributed by atoms with Crippen LogP contribution in [0.5, 0.6) is 0 Å². The predicted octanol–water partition coefficient (Wildman–Crippen LogP) is 2.60. The Morgan fingerprint density at radius 1 is 1.08 bits per heavy atom. The molecule has 0 radical (unpaired) electrons. The minimum Gasteiger partial charge on any atom is -0.382 e. The number of ether oxygens (including phenoxy) is 1. The van der Waals surface area contributed by atoms with Crippen molar-refractivity contribution < 1.29 is 9.13 Å². The van der Waals surface area contributed by atoms with E-state index in [1.165, 1.54) is 0 Å². The maximum atomic E-state index is 13.9. The second-order valence-electron chi connectivity index (χ2n) is 6.87. The molecule has 1 N–H and O–H groups in total. The molecule has 3 rings (SSSR count). The van der Waals surface area contributed by atoms with Gasteiger partial charge in [0.2, 0.25) is 0 Å². The van der Waals surface area contributed by atoms with Crippen molar-refractivity contribution in [2.75, 3.05) is 57.8 Å². The molecule has 0 aromatic heterocycles. The lowest BCUT2D eigenvalue weighted by molar-refractivity contribution is 0.0322. The van der Waals surface area contributed by atoms with Gasteiger partial charge in [-0.2, -0.15) is 0 Å². The van der Waals surface area contributed by atoms with Gasteiger partial charge < -0.3 is 15.0 Å². The van der Waals surface area contributed by atoms with E-state index in [9.17, 15) is 4.39 Å². The number of hydrogen-bond donors (Lipinski definition) is 1. The third-order valence-corrected chi connectivity index (χ3v) is 5.23. The number of morpholine rings is 1. The van der Waals surface area contributed by atoms with Gasteiger partial charge in [0.15, 0.2) is 0 Å². The maximum absolute atomic E-state index is 13.9. The molecule has 2 saturated heterocycles. The van der Waals surface area contributed by atoms with E-state index < -0.39 is 0 Å². The summed E-state index contributed by atoms with van der Waals surface area (Å²) in [6, 6.07) is 6.00. The number of rotatable bonds is 6. The first-order valence-corrected chi connectivity index (χ1v) is 9.32. The molecule has 134 valence electrons. The number of aryl methyl sites for hydroxylation is 1. The Kier molecular flexibility index (Phi) is 6.46. The number of nitrogens with zero attached hydrogens (tertiary/aromatic N) is 2. The van der Waals surface area contributed by atoms with Crippen LogP contribution in [0.15, 0.2) is 18.2 Å². The molecular weight excluding hydrogens is 305 g/mol. The summed E-state index contributed by atoms with van der Waals surface area (Å²) >= 11 is 0. The number of nitrogens with one attached hydrogen (secondary N) is 1. The van der Waals surface area contributed by atoms with E-state index in [1.54, 1.807) is 6.07 Å². The van der Waals surface area contributed by atoms with E-state index >= 15 is 0 Å². The predicted molar refractivity (Wildman–Crippen MR) is 96.1 cm³/mol. The van der Waals surface area contributed by atoms with Crippen LogP contribution in [0, 0.1) is 5.82 Å². The van der Waals surface area contributed by atoms with E-state index in [-0.39, 0.29) is 5.82 Å². The van der Waals surface area contributed by atoms with Gasteiger partial charge in [-0.05, 0) is 37.0 Å². The zero-order valence-electron chi connectivity index (χ0n) is 14.8. The summed E-state index contributed by atoms with van der Waals surface area (Å²) in [6.07, 6.45) is 2.99. The van der Waals surface area contributed by atoms with Crippen molar-refractivity contribution in [1.82, 2.24) is 9.80 Å². The largest absolute Gasteiger partial charge is 0.382 e. The van der Waals surface area contributed by atoms with Gasteiger partial charge in [-0.1, -0.05) is 13.0 Å². The van der Waals surface area contributed by atoms with E-state index in [4.69, 9.17) is 4.74 Å². The number of anilines is 1. The molecule has 2 heterocycles. The minimum atomic E-state index is -0.0922. The van der Waals surface area contributed by atoms with E-state index in [2.05, 4.69) is 15.1 Å². The molecule has 1 aromatic carbocycles. The second-order valence-corrected chi connectivity index (χ2v) is 6.87. The monoisotopic (exact) mass is 335 g/mol.